The lowest BCUT2D eigenvalue weighted by atomic mass is 9.95. The van der Waals surface area contributed by atoms with Gasteiger partial charge in [-0.3, -0.25) is 19.3 Å². The first-order chi connectivity index (χ1) is 16.5. The second-order valence-electron chi connectivity index (χ2n) is 9.45. The van der Waals surface area contributed by atoms with Crippen molar-refractivity contribution >= 4 is 17.7 Å². The van der Waals surface area contributed by atoms with Crippen LogP contribution in [0.1, 0.15) is 52.0 Å². The van der Waals surface area contributed by atoms with Crippen LogP contribution in [0.2, 0.25) is 0 Å². The van der Waals surface area contributed by atoms with Crippen molar-refractivity contribution < 1.29 is 19.1 Å². The van der Waals surface area contributed by atoms with Crippen LogP contribution in [0.5, 0.6) is 0 Å². The number of amides is 3. The van der Waals surface area contributed by atoms with Gasteiger partial charge in [0.2, 0.25) is 5.91 Å². The number of carbonyl (C=O) groups is 3. The molecule has 3 saturated heterocycles. The summed E-state index contributed by atoms with van der Waals surface area (Å²) in [4.78, 5) is 45.7. The number of nitrogens with zero attached hydrogens (tertiary/aromatic N) is 3. The molecule has 2 aromatic carbocycles. The Balaban J connectivity index is 1.39. The highest BCUT2D eigenvalue weighted by atomic mass is 16.5. The maximum atomic E-state index is 13.7. The zero-order chi connectivity index (χ0) is 23.7. The fourth-order valence-electron chi connectivity index (χ4n) is 5.47. The normalized spacial score (nSPS) is 21.8. The van der Waals surface area contributed by atoms with E-state index in [1.54, 1.807) is 17.0 Å². The molecule has 0 N–H and O–H groups in total. The van der Waals surface area contributed by atoms with Gasteiger partial charge in [0, 0.05) is 50.1 Å². The maximum Gasteiger partial charge on any atom is 0.256 e. The van der Waals surface area contributed by atoms with Gasteiger partial charge in [0.05, 0.1) is 6.61 Å². The smallest absolute Gasteiger partial charge is 0.256 e. The number of hydrogen-bond donors (Lipinski definition) is 0. The van der Waals surface area contributed by atoms with E-state index in [2.05, 4.69) is 0 Å². The van der Waals surface area contributed by atoms with Crippen molar-refractivity contribution in [3.05, 3.63) is 71.3 Å². The molecule has 0 radical (unpaired) electrons. The van der Waals surface area contributed by atoms with Crippen molar-refractivity contribution in [2.75, 3.05) is 32.8 Å². The highest BCUT2D eigenvalue weighted by Gasteiger charge is 2.55. The third-order valence-corrected chi connectivity index (χ3v) is 7.41. The molecule has 0 aromatic heterocycles. The van der Waals surface area contributed by atoms with Crippen molar-refractivity contribution in [2.24, 2.45) is 0 Å². The van der Waals surface area contributed by atoms with E-state index in [0.717, 1.165) is 31.5 Å². The molecule has 0 saturated carbocycles. The van der Waals surface area contributed by atoms with Crippen LogP contribution >= 0.6 is 0 Å². The van der Waals surface area contributed by atoms with Crippen LogP contribution < -0.4 is 0 Å². The highest BCUT2D eigenvalue weighted by molar-refractivity contribution is 5.99. The van der Waals surface area contributed by atoms with E-state index in [0.29, 0.717) is 37.1 Å². The van der Waals surface area contributed by atoms with E-state index in [1.807, 2.05) is 59.2 Å². The minimum absolute atomic E-state index is 0.00317. The molecule has 0 bridgehead atoms. The molecule has 34 heavy (non-hydrogen) atoms. The Labute approximate surface area is 200 Å². The van der Waals surface area contributed by atoms with Crippen molar-refractivity contribution in [1.82, 2.24) is 14.7 Å². The van der Waals surface area contributed by atoms with E-state index in [1.165, 1.54) is 0 Å². The van der Waals surface area contributed by atoms with E-state index in [4.69, 9.17) is 4.74 Å². The molecule has 3 fully saturated rings. The zero-order valence-electron chi connectivity index (χ0n) is 19.6. The van der Waals surface area contributed by atoms with Gasteiger partial charge in [0.15, 0.2) is 0 Å². The van der Waals surface area contributed by atoms with Crippen LogP contribution in [0, 0.1) is 6.92 Å². The number of hydrogen-bond acceptors (Lipinski definition) is 4. The molecule has 0 unspecified atom stereocenters. The maximum absolute atomic E-state index is 13.7. The topological polar surface area (TPSA) is 70.2 Å². The predicted octanol–water partition coefficient (Wildman–Crippen LogP) is 3.09. The first-order valence-corrected chi connectivity index (χ1v) is 12.2. The highest BCUT2D eigenvalue weighted by Crippen LogP contribution is 2.39. The first-order valence-electron chi connectivity index (χ1n) is 12.2. The van der Waals surface area contributed by atoms with Crippen LogP contribution in [0.25, 0.3) is 0 Å². The largest absolute Gasteiger partial charge is 0.353 e. The standard InChI is InChI=1S/C27H31N3O4/c1-20-9-5-6-12-22(20)25(32)29-17-13-27(14-18-29)30(24(31)21-10-3-2-4-11-21)23(19-34-27)26(33)28-15-7-8-16-28/h2-6,9-12,23H,7-8,13-19H2,1H3/t23-/m0/s1. The van der Waals surface area contributed by atoms with E-state index in [9.17, 15) is 14.4 Å². The zero-order valence-corrected chi connectivity index (χ0v) is 19.6. The summed E-state index contributed by atoms with van der Waals surface area (Å²) in [6.07, 6.45) is 2.94. The Hall–Kier alpha value is -3.19. The third kappa shape index (κ3) is 3.98. The number of likely N-dealkylation sites (tertiary alicyclic amines) is 2. The fraction of sp³-hybridized carbons (Fsp3) is 0.444. The summed E-state index contributed by atoms with van der Waals surface area (Å²) < 4.78 is 6.31. The fourth-order valence-corrected chi connectivity index (χ4v) is 5.47. The lowest BCUT2D eigenvalue weighted by Gasteiger charge is -2.44. The third-order valence-electron chi connectivity index (χ3n) is 7.41. The molecule has 0 aliphatic carbocycles. The molecule has 3 heterocycles. The van der Waals surface area contributed by atoms with Crippen LogP contribution in [0.4, 0.5) is 0 Å². The van der Waals surface area contributed by atoms with Crippen molar-refractivity contribution in [3.63, 3.8) is 0 Å². The summed E-state index contributed by atoms with van der Waals surface area (Å²) >= 11 is 0. The van der Waals surface area contributed by atoms with Crippen LogP contribution in [-0.2, 0) is 9.53 Å². The Kier molecular flexibility index (Phi) is 6.13. The van der Waals surface area contributed by atoms with Crippen molar-refractivity contribution in [1.29, 1.82) is 0 Å². The van der Waals surface area contributed by atoms with Gasteiger partial charge in [-0.05, 0) is 43.5 Å². The number of piperidine rings is 1. The molecule has 3 aliphatic heterocycles. The van der Waals surface area contributed by atoms with Gasteiger partial charge in [-0.1, -0.05) is 36.4 Å². The Morgan fingerprint density at radius 2 is 1.47 bits per heavy atom. The van der Waals surface area contributed by atoms with Gasteiger partial charge in [-0.25, -0.2) is 0 Å². The molecule has 178 valence electrons. The minimum Gasteiger partial charge on any atom is -0.353 e. The Bertz CT molecular complexity index is 1070. The van der Waals surface area contributed by atoms with Crippen LogP contribution in [0.15, 0.2) is 54.6 Å². The monoisotopic (exact) mass is 461 g/mol. The van der Waals surface area contributed by atoms with Gasteiger partial charge < -0.3 is 14.5 Å². The molecule has 1 spiro atoms. The molecule has 1 atom stereocenters. The van der Waals surface area contributed by atoms with Gasteiger partial charge in [0.1, 0.15) is 11.8 Å². The quantitative estimate of drug-likeness (QED) is 0.704. The van der Waals surface area contributed by atoms with E-state index in [-0.39, 0.29) is 24.3 Å². The van der Waals surface area contributed by atoms with Gasteiger partial charge in [-0.15, -0.1) is 0 Å². The molecular weight excluding hydrogens is 430 g/mol. The average molecular weight is 462 g/mol. The summed E-state index contributed by atoms with van der Waals surface area (Å²) in [6, 6.07) is 16.0. The molecule has 5 rings (SSSR count). The number of rotatable bonds is 3. The average Bonchev–Trinajstić information content (AvgIpc) is 3.53. The summed E-state index contributed by atoms with van der Waals surface area (Å²) in [5.74, 6) is -0.219. The Morgan fingerprint density at radius 1 is 0.824 bits per heavy atom. The number of aryl methyl sites for hydroxylation is 1. The van der Waals surface area contributed by atoms with Gasteiger partial charge >= 0.3 is 0 Å². The number of benzene rings is 2. The summed E-state index contributed by atoms with van der Waals surface area (Å²) in [5, 5.41) is 0. The first kappa shape index (κ1) is 22.6. The molecular formula is C27H31N3O4. The SMILES string of the molecule is Cc1ccccc1C(=O)N1CCC2(CC1)OC[C@@H](C(=O)N1CCCC1)N2C(=O)c1ccccc1. The summed E-state index contributed by atoms with van der Waals surface area (Å²) in [7, 11) is 0. The minimum atomic E-state index is -0.879. The molecule has 2 aromatic rings. The molecule has 7 nitrogen and oxygen atoms in total. The van der Waals surface area contributed by atoms with E-state index >= 15 is 0 Å². The predicted molar refractivity (Wildman–Crippen MR) is 127 cm³/mol. The second-order valence-corrected chi connectivity index (χ2v) is 9.45. The van der Waals surface area contributed by atoms with E-state index < -0.39 is 11.8 Å². The van der Waals surface area contributed by atoms with Crippen LogP contribution in [0.3, 0.4) is 0 Å². The van der Waals surface area contributed by atoms with Gasteiger partial charge in [0.25, 0.3) is 11.8 Å². The lowest BCUT2D eigenvalue weighted by Crippen LogP contribution is -2.60. The number of ether oxygens (including phenoxy) is 1. The lowest BCUT2D eigenvalue weighted by molar-refractivity contribution is -0.136. The summed E-state index contributed by atoms with van der Waals surface area (Å²) in [6.45, 7) is 4.53. The second kappa shape index (κ2) is 9.22. The van der Waals surface area contributed by atoms with Crippen molar-refractivity contribution in [2.45, 2.75) is 44.4 Å². The number of carbonyl (C=O) groups excluding carboxylic acids is 3. The molecule has 3 amide bonds. The Morgan fingerprint density at radius 3 is 2.15 bits per heavy atom. The molecule has 7 heteroatoms. The van der Waals surface area contributed by atoms with Gasteiger partial charge in [-0.2, -0.15) is 0 Å². The van der Waals surface area contributed by atoms with Crippen LogP contribution in [-0.4, -0.2) is 77.0 Å². The summed E-state index contributed by atoms with van der Waals surface area (Å²) in [5.41, 5.74) is 1.31. The molecule has 3 aliphatic rings. The van der Waals surface area contributed by atoms with Crippen molar-refractivity contribution in [3.8, 4) is 0 Å².